The van der Waals surface area contributed by atoms with Crippen LogP contribution in [-0.2, 0) is 13.0 Å². The Labute approximate surface area is 175 Å². The molecule has 1 fully saturated rings. The number of piperidine rings is 1. The van der Waals surface area contributed by atoms with Crippen molar-refractivity contribution in [3.05, 3.63) is 64.6 Å². The van der Waals surface area contributed by atoms with Crippen molar-refractivity contribution in [2.75, 3.05) is 13.1 Å². The van der Waals surface area contributed by atoms with Crippen LogP contribution in [0, 0.1) is 6.92 Å². The lowest BCUT2D eigenvalue weighted by molar-refractivity contribution is 0.0879. The van der Waals surface area contributed by atoms with Crippen LogP contribution >= 0.6 is 11.3 Å². The zero-order valence-corrected chi connectivity index (χ0v) is 17.8. The molecule has 0 saturated carbocycles. The summed E-state index contributed by atoms with van der Waals surface area (Å²) in [5.74, 6) is 1.04. The molecule has 0 aliphatic carbocycles. The van der Waals surface area contributed by atoms with E-state index >= 15 is 0 Å². The molecule has 0 unspecified atom stereocenters. The van der Waals surface area contributed by atoms with E-state index in [-0.39, 0.29) is 11.9 Å². The van der Waals surface area contributed by atoms with Crippen molar-refractivity contribution in [3.63, 3.8) is 0 Å². The van der Waals surface area contributed by atoms with Crippen molar-refractivity contribution >= 4 is 17.2 Å². The van der Waals surface area contributed by atoms with Gasteiger partial charge in [0.25, 0.3) is 5.91 Å². The number of likely N-dealkylation sites (tertiary alicyclic amines) is 1. The average molecular weight is 410 g/mol. The molecule has 4 rings (SSSR count). The fraction of sp³-hybridized carbons (Fsp3) is 0.391. The third-order valence-corrected chi connectivity index (χ3v) is 6.37. The van der Waals surface area contributed by atoms with Gasteiger partial charge in [-0.05, 0) is 43.9 Å². The van der Waals surface area contributed by atoms with E-state index in [0.29, 0.717) is 5.76 Å². The first kappa shape index (κ1) is 19.9. The molecule has 1 aromatic carbocycles. The van der Waals surface area contributed by atoms with Crippen LogP contribution in [0.15, 0.2) is 46.2 Å². The number of carbonyl (C=O) groups is 1. The maximum Gasteiger partial charge on any atom is 0.287 e. The molecule has 1 aliphatic rings. The van der Waals surface area contributed by atoms with Gasteiger partial charge in [0.05, 0.1) is 5.69 Å². The summed E-state index contributed by atoms with van der Waals surface area (Å²) in [7, 11) is 0. The number of hydrogen-bond acceptors (Lipinski definition) is 5. The molecule has 0 atom stereocenters. The van der Waals surface area contributed by atoms with Gasteiger partial charge in [0.15, 0.2) is 5.76 Å². The Balaban J connectivity index is 1.27. The van der Waals surface area contributed by atoms with Crippen LogP contribution in [0.3, 0.4) is 0 Å². The lowest BCUT2D eigenvalue weighted by atomic mass is 10.0. The van der Waals surface area contributed by atoms with Crippen LogP contribution in [0.5, 0.6) is 0 Å². The van der Waals surface area contributed by atoms with Crippen LogP contribution in [0.4, 0.5) is 0 Å². The minimum atomic E-state index is -0.116. The molecule has 0 spiro atoms. The summed E-state index contributed by atoms with van der Waals surface area (Å²) < 4.78 is 5.41. The Morgan fingerprint density at radius 2 is 1.97 bits per heavy atom. The van der Waals surface area contributed by atoms with E-state index in [0.717, 1.165) is 55.4 Å². The Bertz CT molecular complexity index is 953. The minimum absolute atomic E-state index is 0.116. The third kappa shape index (κ3) is 4.95. The molecule has 1 amide bonds. The molecule has 0 radical (unpaired) electrons. The van der Waals surface area contributed by atoms with Gasteiger partial charge in [-0.15, -0.1) is 11.3 Å². The van der Waals surface area contributed by atoms with Crippen molar-refractivity contribution in [2.24, 2.45) is 0 Å². The van der Waals surface area contributed by atoms with Crippen LogP contribution in [0.25, 0.3) is 10.6 Å². The molecule has 1 aliphatic heterocycles. The van der Waals surface area contributed by atoms with Gasteiger partial charge in [0.2, 0.25) is 0 Å². The average Bonchev–Trinajstić information content (AvgIpc) is 3.39. The summed E-state index contributed by atoms with van der Waals surface area (Å²) in [4.78, 5) is 19.5. The highest BCUT2D eigenvalue weighted by Crippen LogP contribution is 2.25. The highest BCUT2D eigenvalue weighted by molar-refractivity contribution is 7.13. The van der Waals surface area contributed by atoms with E-state index in [1.165, 1.54) is 11.1 Å². The molecular weight excluding hydrogens is 382 g/mol. The second kappa shape index (κ2) is 8.93. The largest absolute Gasteiger partial charge is 0.456 e. The monoisotopic (exact) mass is 409 g/mol. The fourth-order valence-electron chi connectivity index (χ4n) is 3.67. The molecule has 0 bridgehead atoms. The van der Waals surface area contributed by atoms with Gasteiger partial charge in [-0.2, -0.15) is 0 Å². The number of furan rings is 1. The van der Waals surface area contributed by atoms with E-state index < -0.39 is 0 Å². The summed E-state index contributed by atoms with van der Waals surface area (Å²) in [5, 5.41) is 6.34. The fourth-order valence-corrected chi connectivity index (χ4v) is 4.49. The van der Waals surface area contributed by atoms with Crippen LogP contribution in [-0.4, -0.2) is 34.9 Å². The van der Waals surface area contributed by atoms with E-state index in [4.69, 9.17) is 9.40 Å². The molecule has 3 heterocycles. The van der Waals surface area contributed by atoms with Gasteiger partial charge < -0.3 is 9.73 Å². The first-order valence-electron chi connectivity index (χ1n) is 10.2. The zero-order chi connectivity index (χ0) is 20.2. The number of nitrogens with one attached hydrogen (secondary N) is 1. The van der Waals surface area contributed by atoms with Crippen molar-refractivity contribution < 1.29 is 9.21 Å². The number of nitrogens with zero attached hydrogens (tertiary/aromatic N) is 2. The topological polar surface area (TPSA) is 58.4 Å². The standard InChI is InChI=1S/C23H27N3O2S/c1-3-17-5-7-18(8-6-17)23-25-20(15-29-23)14-26-12-10-19(11-13-26)24-22(27)21-9-4-16(2)28-21/h4-9,15,19H,3,10-14H2,1-2H3,(H,24,27). The third-order valence-electron chi connectivity index (χ3n) is 5.43. The number of amides is 1. The molecule has 6 heteroatoms. The molecule has 1 N–H and O–H groups in total. The zero-order valence-electron chi connectivity index (χ0n) is 17.0. The molecule has 152 valence electrons. The maximum absolute atomic E-state index is 12.2. The quantitative estimate of drug-likeness (QED) is 0.643. The van der Waals surface area contributed by atoms with E-state index in [1.54, 1.807) is 17.4 Å². The molecular formula is C23H27N3O2S. The lowest BCUT2D eigenvalue weighted by Gasteiger charge is -2.31. The van der Waals surface area contributed by atoms with Gasteiger partial charge >= 0.3 is 0 Å². The molecule has 2 aromatic heterocycles. The van der Waals surface area contributed by atoms with Crippen LogP contribution < -0.4 is 5.32 Å². The molecule has 3 aromatic rings. The Hall–Kier alpha value is -2.44. The Morgan fingerprint density at radius 1 is 1.21 bits per heavy atom. The Morgan fingerprint density at radius 3 is 2.62 bits per heavy atom. The minimum Gasteiger partial charge on any atom is -0.456 e. The number of aromatic nitrogens is 1. The van der Waals surface area contributed by atoms with Crippen molar-refractivity contribution in [1.29, 1.82) is 0 Å². The SMILES string of the molecule is CCc1ccc(-c2nc(CN3CCC(NC(=O)c4ccc(C)o4)CC3)cs2)cc1. The number of carbonyl (C=O) groups excluding carboxylic acids is 1. The predicted octanol–water partition coefficient (Wildman–Crippen LogP) is 4.67. The molecule has 5 nitrogen and oxygen atoms in total. The van der Waals surface area contributed by atoms with Crippen molar-refractivity contribution in [1.82, 2.24) is 15.2 Å². The second-order valence-electron chi connectivity index (χ2n) is 7.63. The first-order valence-corrected chi connectivity index (χ1v) is 11.1. The van der Waals surface area contributed by atoms with Crippen LogP contribution in [0.2, 0.25) is 0 Å². The van der Waals surface area contributed by atoms with E-state index in [1.807, 2.05) is 13.0 Å². The summed E-state index contributed by atoms with van der Waals surface area (Å²) in [6, 6.07) is 12.4. The molecule has 29 heavy (non-hydrogen) atoms. The van der Waals surface area contributed by atoms with Gasteiger partial charge in [-0.3, -0.25) is 9.69 Å². The van der Waals surface area contributed by atoms with Gasteiger partial charge in [0.1, 0.15) is 10.8 Å². The van der Waals surface area contributed by atoms with E-state index in [2.05, 4.69) is 46.8 Å². The summed E-state index contributed by atoms with van der Waals surface area (Å²) in [6.45, 7) is 6.80. The van der Waals surface area contributed by atoms with Gasteiger partial charge in [-0.1, -0.05) is 31.2 Å². The van der Waals surface area contributed by atoms with Crippen molar-refractivity contribution in [3.8, 4) is 10.6 Å². The normalized spacial score (nSPS) is 15.5. The van der Waals surface area contributed by atoms with Gasteiger partial charge in [0, 0.05) is 36.6 Å². The van der Waals surface area contributed by atoms with Gasteiger partial charge in [-0.25, -0.2) is 4.98 Å². The Kier molecular flexibility index (Phi) is 6.11. The number of rotatable bonds is 6. The predicted molar refractivity (Wildman–Crippen MR) is 116 cm³/mol. The summed E-state index contributed by atoms with van der Waals surface area (Å²) >= 11 is 1.71. The highest BCUT2D eigenvalue weighted by Gasteiger charge is 2.22. The van der Waals surface area contributed by atoms with Crippen LogP contribution in [0.1, 0.15) is 47.3 Å². The number of hydrogen-bond donors (Lipinski definition) is 1. The smallest absolute Gasteiger partial charge is 0.287 e. The maximum atomic E-state index is 12.2. The number of thiazole rings is 1. The first-order chi connectivity index (χ1) is 14.1. The lowest BCUT2D eigenvalue weighted by Crippen LogP contribution is -2.44. The van der Waals surface area contributed by atoms with E-state index in [9.17, 15) is 4.79 Å². The highest BCUT2D eigenvalue weighted by atomic mass is 32.1. The summed E-state index contributed by atoms with van der Waals surface area (Å²) in [6.07, 6.45) is 2.95. The molecule has 1 saturated heterocycles. The number of benzene rings is 1. The number of aryl methyl sites for hydroxylation is 2. The summed E-state index contributed by atoms with van der Waals surface area (Å²) in [5.41, 5.74) is 3.66. The van der Waals surface area contributed by atoms with Crippen molar-refractivity contribution in [2.45, 2.75) is 45.7 Å². The second-order valence-corrected chi connectivity index (χ2v) is 8.49.